The van der Waals surface area contributed by atoms with Gasteiger partial charge < -0.3 is 4.42 Å². The highest BCUT2D eigenvalue weighted by atomic mass is 79.9. The fraction of sp³-hybridized carbons (Fsp3) is 0.300. The standard InChI is InChI=1S/C10H13BrN4O/c1-6-5-8(15(2)14-6)9(13-12)10-7(11)3-4-16-10/h3-5,9,13H,12H2,1-2H3. The predicted molar refractivity (Wildman–Crippen MR) is 63.5 cm³/mol. The van der Waals surface area contributed by atoms with Gasteiger partial charge in [0.25, 0.3) is 0 Å². The molecule has 1 atom stereocenters. The molecule has 0 aliphatic heterocycles. The molecule has 3 N–H and O–H groups in total. The predicted octanol–water partition coefficient (Wildman–Crippen LogP) is 1.64. The van der Waals surface area contributed by atoms with Crippen LogP contribution in [0.4, 0.5) is 0 Å². The Balaban J connectivity index is 2.44. The van der Waals surface area contributed by atoms with Crippen LogP contribution >= 0.6 is 15.9 Å². The molecule has 0 aliphatic carbocycles. The zero-order valence-electron chi connectivity index (χ0n) is 9.07. The van der Waals surface area contributed by atoms with Crippen molar-refractivity contribution in [1.29, 1.82) is 0 Å². The van der Waals surface area contributed by atoms with Crippen LogP contribution in [0.2, 0.25) is 0 Å². The summed E-state index contributed by atoms with van der Waals surface area (Å²) in [5, 5.41) is 4.28. The van der Waals surface area contributed by atoms with Crippen molar-refractivity contribution < 1.29 is 4.42 Å². The molecule has 0 amide bonds. The Bertz CT molecular complexity index is 491. The van der Waals surface area contributed by atoms with Crippen molar-refractivity contribution in [3.8, 4) is 0 Å². The molecule has 6 heteroatoms. The van der Waals surface area contributed by atoms with Gasteiger partial charge in [-0.25, -0.2) is 5.43 Å². The average molecular weight is 285 g/mol. The number of nitrogens with zero attached hydrogens (tertiary/aromatic N) is 2. The molecule has 2 rings (SSSR count). The van der Waals surface area contributed by atoms with Crippen LogP contribution in [0.1, 0.15) is 23.2 Å². The normalized spacial score (nSPS) is 13.0. The van der Waals surface area contributed by atoms with Gasteiger partial charge in [0.05, 0.1) is 22.1 Å². The van der Waals surface area contributed by atoms with Gasteiger partial charge in [-0.15, -0.1) is 0 Å². The minimum atomic E-state index is -0.212. The summed E-state index contributed by atoms with van der Waals surface area (Å²) in [5.74, 6) is 6.31. The van der Waals surface area contributed by atoms with E-state index in [-0.39, 0.29) is 6.04 Å². The number of hydrazine groups is 1. The molecule has 2 aromatic heterocycles. The molecule has 86 valence electrons. The maximum absolute atomic E-state index is 5.57. The minimum absolute atomic E-state index is 0.212. The zero-order chi connectivity index (χ0) is 11.7. The van der Waals surface area contributed by atoms with E-state index in [0.717, 1.165) is 21.6 Å². The molecule has 16 heavy (non-hydrogen) atoms. The third kappa shape index (κ3) is 1.91. The highest BCUT2D eigenvalue weighted by Gasteiger charge is 2.22. The van der Waals surface area contributed by atoms with E-state index < -0.39 is 0 Å². The summed E-state index contributed by atoms with van der Waals surface area (Å²) in [5.41, 5.74) is 4.63. The van der Waals surface area contributed by atoms with Crippen LogP contribution in [0.3, 0.4) is 0 Å². The topological polar surface area (TPSA) is 69.0 Å². The minimum Gasteiger partial charge on any atom is -0.466 e. The lowest BCUT2D eigenvalue weighted by Gasteiger charge is -2.14. The van der Waals surface area contributed by atoms with Crippen LogP contribution in [0.25, 0.3) is 0 Å². The van der Waals surface area contributed by atoms with Crippen LogP contribution in [0.15, 0.2) is 27.3 Å². The fourth-order valence-corrected chi connectivity index (χ4v) is 2.14. The molecule has 0 spiro atoms. The number of rotatable bonds is 3. The molecule has 0 fully saturated rings. The Morgan fingerprint density at radius 3 is 2.81 bits per heavy atom. The van der Waals surface area contributed by atoms with Gasteiger partial charge in [-0.1, -0.05) is 0 Å². The number of aromatic nitrogens is 2. The van der Waals surface area contributed by atoms with Gasteiger partial charge in [-0.3, -0.25) is 10.5 Å². The molecule has 2 aromatic rings. The quantitative estimate of drug-likeness (QED) is 0.664. The van der Waals surface area contributed by atoms with E-state index in [1.165, 1.54) is 0 Å². The van der Waals surface area contributed by atoms with E-state index in [9.17, 15) is 0 Å². The Labute approximate surface area is 102 Å². The monoisotopic (exact) mass is 284 g/mol. The summed E-state index contributed by atoms with van der Waals surface area (Å²) >= 11 is 3.42. The first kappa shape index (κ1) is 11.4. The van der Waals surface area contributed by atoms with Crippen LogP contribution in [-0.2, 0) is 7.05 Å². The van der Waals surface area contributed by atoms with Crippen molar-refractivity contribution in [2.24, 2.45) is 12.9 Å². The maximum atomic E-state index is 5.57. The number of nitrogens with two attached hydrogens (primary N) is 1. The van der Waals surface area contributed by atoms with Gasteiger partial charge >= 0.3 is 0 Å². The van der Waals surface area contributed by atoms with Crippen LogP contribution in [-0.4, -0.2) is 9.78 Å². The van der Waals surface area contributed by atoms with Crippen molar-refractivity contribution >= 4 is 15.9 Å². The third-order valence-corrected chi connectivity index (χ3v) is 3.06. The summed E-state index contributed by atoms with van der Waals surface area (Å²) in [4.78, 5) is 0. The average Bonchev–Trinajstić information content (AvgIpc) is 2.77. The van der Waals surface area contributed by atoms with E-state index in [1.54, 1.807) is 10.9 Å². The summed E-state index contributed by atoms with van der Waals surface area (Å²) in [6.45, 7) is 1.94. The van der Waals surface area contributed by atoms with E-state index >= 15 is 0 Å². The van der Waals surface area contributed by atoms with Crippen LogP contribution in [0.5, 0.6) is 0 Å². The Morgan fingerprint density at radius 2 is 2.38 bits per heavy atom. The Hall–Kier alpha value is -1.11. The van der Waals surface area contributed by atoms with Crippen molar-refractivity contribution in [1.82, 2.24) is 15.2 Å². The first-order chi connectivity index (χ1) is 7.63. The van der Waals surface area contributed by atoms with Gasteiger partial charge in [0.1, 0.15) is 11.8 Å². The van der Waals surface area contributed by atoms with Crippen molar-refractivity contribution in [3.05, 3.63) is 40.0 Å². The van der Waals surface area contributed by atoms with Crippen molar-refractivity contribution in [2.45, 2.75) is 13.0 Å². The number of aryl methyl sites for hydroxylation is 2. The van der Waals surface area contributed by atoms with E-state index in [4.69, 9.17) is 10.3 Å². The first-order valence-corrected chi connectivity index (χ1v) is 5.62. The maximum Gasteiger partial charge on any atom is 0.142 e. The van der Waals surface area contributed by atoms with E-state index in [2.05, 4.69) is 26.5 Å². The van der Waals surface area contributed by atoms with Gasteiger partial charge in [0, 0.05) is 7.05 Å². The Kier molecular flexibility index (Phi) is 3.13. The van der Waals surface area contributed by atoms with E-state index in [0.29, 0.717) is 0 Å². The number of hydrogen-bond donors (Lipinski definition) is 2. The number of hydrogen-bond acceptors (Lipinski definition) is 4. The fourth-order valence-electron chi connectivity index (χ4n) is 1.71. The molecule has 1 unspecified atom stereocenters. The number of nitrogens with one attached hydrogen (secondary N) is 1. The van der Waals surface area contributed by atoms with E-state index in [1.807, 2.05) is 26.1 Å². The van der Waals surface area contributed by atoms with Gasteiger partial charge in [0.2, 0.25) is 0 Å². The molecule has 0 saturated carbocycles. The van der Waals surface area contributed by atoms with Gasteiger partial charge in [-0.05, 0) is 35.0 Å². The molecule has 5 nitrogen and oxygen atoms in total. The number of furan rings is 1. The SMILES string of the molecule is Cc1cc(C(NN)c2occc2Br)n(C)n1. The van der Waals surface area contributed by atoms with Crippen LogP contribution < -0.4 is 11.3 Å². The largest absolute Gasteiger partial charge is 0.466 e. The Morgan fingerprint density at radius 1 is 1.62 bits per heavy atom. The lowest BCUT2D eigenvalue weighted by Crippen LogP contribution is -2.30. The molecule has 2 heterocycles. The van der Waals surface area contributed by atoms with Gasteiger partial charge in [-0.2, -0.15) is 5.10 Å². The molecule has 0 saturated heterocycles. The summed E-state index contributed by atoms with van der Waals surface area (Å²) in [6.07, 6.45) is 1.62. The van der Waals surface area contributed by atoms with Gasteiger partial charge in [0.15, 0.2) is 0 Å². The second-order valence-electron chi connectivity index (χ2n) is 3.57. The summed E-state index contributed by atoms with van der Waals surface area (Å²) in [6, 6.07) is 3.60. The second kappa shape index (κ2) is 4.40. The number of halogens is 1. The summed E-state index contributed by atoms with van der Waals surface area (Å²) in [7, 11) is 1.88. The summed E-state index contributed by atoms with van der Waals surface area (Å²) < 4.78 is 8.08. The third-order valence-electron chi connectivity index (χ3n) is 2.41. The lowest BCUT2D eigenvalue weighted by molar-refractivity contribution is 0.435. The first-order valence-electron chi connectivity index (χ1n) is 4.83. The molecule has 0 bridgehead atoms. The van der Waals surface area contributed by atoms with Crippen molar-refractivity contribution in [2.75, 3.05) is 0 Å². The molecular weight excluding hydrogens is 272 g/mol. The lowest BCUT2D eigenvalue weighted by atomic mass is 10.1. The molecule has 0 radical (unpaired) electrons. The smallest absolute Gasteiger partial charge is 0.142 e. The zero-order valence-corrected chi connectivity index (χ0v) is 10.7. The molecular formula is C10H13BrN4O. The molecule has 0 aliphatic rings. The second-order valence-corrected chi connectivity index (χ2v) is 4.42. The molecule has 0 aromatic carbocycles. The van der Waals surface area contributed by atoms with Crippen molar-refractivity contribution in [3.63, 3.8) is 0 Å². The van der Waals surface area contributed by atoms with Crippen LogP contribution in [0, 0.1) is 6.92 Å². The highest BCUT2D eigenvalue weighted by Crippen LogP contribution is 2.28. The highest BCUT2D eigenvalue weighted by molar-refractivity contribution is 9.10.